The van der Waals surface area contributed by atoms with Crippen molar-refractivity contribution in [2.75, 3.05) is 130 Å². The van der Waals surface area contributed by atoms with Crippen molar-refractivity contribution < 1.29 is 14.4 Å². The summed E-state index contributed by atoms with van der Waals surface area (Å²) in [5.74, 6) is 1.98. The number of nitrogens with zero attached hydrogens (tertiary/aromatic N) is 15. The molecule has 0 aliphatic carbocycles. The molecule has 534 valence electrons. The van der Waals surface area contributed by atoms with E-state index >= 15 is 0 Å². The topological polar surface area (TPSA) is 234 Å². The van der Waals surface area contributed by atoms with Crippen LogP contribution < -0.4 is 46.6 Å². The number of aryl methyl sites for hydroxylation is 2. The van der Waals surface area contributed by atoms with E-state index in [1.165, 1.54) is 0 Å². The number of amides is 3. The fourth-order valence-electron chi connectivity index (χ4n) is 15.4. The second kappa shape index (κ2) is 28.8. The summed E-state index contributed by atoms with van der Waals surface area (Å²) >= 11 is 0. The van der Waals surface area contributed by atoms with Crippen molar-refractivity contribution in [2.24, 2.45) is 0 Å². The number of rotatable bonds is 14. The molecule has 0 saturated carbocycles. The number of carbonyl (C=O) groups excluding carboxylic acids is 3. The molecule has 3 amide bonds. The summed E-state index contributed by atoms with van der Waals surface area (Å²) < 4.78 is 6.39. The van der Waals surface area contributed by atoms with Gasteiger partial charge in [0.2, 0.25) is 0 Å². The van der Waals surface area contributed by atoms with Gasteiger partial charge in [0.1, 0.15) is 34.4 Å². The molecular formula is C81H87N21O3. The number of nitrogens with one attached hydrogen (secondary N) is 6. The molecule has 6 aliphatic rings. The summed E-state index contributed by atoms with van der Waals surface area (Å²) in [6, 6.07) is 39.0. The number of piperazine rings is 3. The highest BCUT2D eigenvalue weighted by Gasteiger charge is 2.32. The van der Waals surface area contributed by atoms with E-state index in [1.54, 1.807) is 0 Å². The number of likely N-dealkylation sites (N-methyl/N-ethyl adjacent to an activating group) is 3. The molecule has 0 unspecified atom stereocenters. The third-order valence-corrected chi connectivity index (χ3v) is 21.2. The summed E-state index contributed by atoms with van der Waals surface area (Å²) in [6.07, 6.45) is 15.6. The average Bonchev–Trinajstić information content (AvgIpc) is 1.61. The number of fused-ring (bicyclic) bond motifs is 6. The first kappa shape index (κ1) is 67.7. The highest BCUT2D eigenvalue weighted by molar-refractivity contribution is 6.09. The number of hydrogen-bond donors (Lipinski definition) is 6. The Balaban J connectivity index is 0.000000121. The predicted octanol–water partition coefficient (Wildman–Crippen LogP) is 11.7. The molecule has 15 heterocycles. The van der Waals surface area contributed by atoms with Crippen molar-refractivity contribution >= 4 is 97.0 Å². The first-order chi connectivity index (χ1) is 51.2. The van der Waals surface area contributed by atoms with Crippen molar-refractivity contribution in [3.8, 4) is 33.5 Å². The summed E-state index contributed by atoms with van der Waals surface area (Å²) in [7, 11) is 6.46. The van der Waals surface area contributed by atoms with Crippen LogP contribution in [-0.4, -0.2) is 176 Å². The number of benzene rings is 3. The predicted molar refractivity (Wildman–Crippen MR) is 417 cm³/mol. The molecule has 6 N–H and O–H groups in total. The van der Waals surface area contributed by atoms with Crippen LogP contribution in [0.25, 0.3) is 61.2 Å². The third-order valence-electron chi connectivity index (χ3n) is 21.2. The molecule has 18 rings (SSSR count). The molecule has 3 fully saturated rings. The molecule has 12 aromatic rings. The van der Waals surface area contributed by atoms with E-state index in [1.807, 2.05) is 111 Å². The van der Waals surface area contributed by atoms with Crippen molar-refractivity contribution in [1.82, 2.24) is 74.1 Å². The smallest absolute Gasteiger partial charge is 0.254 e. The molecule has 0 bridgehead atoms. The van der Waals surface area contributed by atoms with E-state index in [-0.39, 0.29) is 17.7 Å². The van der Waals surface area contributed by atoms with Crippen molar-refractivity contribution in [3.63, 3.8) is 0 Å². The average molecular weight is 1400 g/mol. The highest BCUT2D eigenvalue weighted by atomic mass is 16.2. The van der Waals surface area contributed by atoms with E-state index in [9.17, 15) is 14.4 Å². The molecule has 0 radical (unpaired) electrons. The lowest BCUT2D eigenvalue weighted by molar-refractivity contribution is 0.0958. The minimum Gasteiger partial charge on any atom is -0.368 e. The van der Waals surface area contributed by atoms with Gasteiger partial charge in [0.15, 0.2) is 0 Å². The SMILES string of the molecule is CC(C)n1ccc2c(-c3ccc(Nc4ccc(N5CCN(C)CC5)cn4)c4c3CNC4=O)ccnc21.CCn1ccc2c(-c3ccc(Nc4ccc(N5CCN(C)CC5)cn4)c4c3CNC4=O)ccnc21.Cc1nc2ccccn2c1-c1ccc(Nc2ccc(N3CCN(C)CC3)cn2)c2c1CNC2=O. The molecule has 24 nitrogen and oxygen atoms in total. The molecule has 0 atom stereocenters. The Morgan fingerprint density at radius 3 is 1.29 bits per heavy atom. The number of aromatic nitrogens is 9. The minimum atomic E-state index is -0.0696. The van der Waals surface area contributed by atoms with Gasteiger partial charge in [-0.25, -0.2) is 29.9 Å². The van der Waals surface area contributed by atoms with Gasteiger partial charge in [-0.2, -0.15) is 0 Å². The Kier molecular flexibility index (Phi) is 18.6. The van der Waals surface area contributed by atoms with Crippen LogP contribution in [0.15, 0.2) is 165 Å². The fourth-order valence-corrected chi connectivity index (χ4v) is 15.4. The lowest BCUT2D eigenvalue weighted by Gasteiger charge is -2.33. The van der Waals surface area contributed by atoms with E-state index in [0.717, 1.165) is 220 Å². The second-order valence-electron chi connectivity index (χ2n) is 28.1. The highest BCUT2D eigenvalue weighted by Crippen LogP contribution is 2.42. The number of anilines is 9. The van der Waals surface area contributed by atoms with Gasteiger partial charge in [0.25, 0.3) is 17.7 Å². The molecule has 9 aromatic heterocycles. The summed E-state index contributed by atoms with van der Waals surface area (Å²) in [4.78, 5) is 80.5. The zero-order valence-electron chi connectivity index (χ0n) is 60.4. The van der Waals surface area contributed by atoms with Crippen LogP contribution in [0, 0.1) is 6.92 Å². The van der Waals surface area contributed by atoms with Gasteiger partial charge in [0.05, 0.1) is 80.8 Å². The lowest BCUT2D eigenvalue weighted by atomic mass is 9.94. The maximum atomic E-state index is 12.9. The Morgan fingerprint density at radius 1 is 0.438 bits per heavy atom. The molecule has 24 heteroatoms. The normalized spacial score (nSPS) is 16.0. The lowest BCUT2D eigenvalue weighted by Crippen LogP contribution is -2.44. The van der Waals surface area contributed by atoms with Gasteiger partial charge in [-0.15, -0.1) is 0 Å². The largest absolute Gasteiger partial charge is 0.368 e. The minimum absolute atomic E-state index is 0.0603. The van der Waals surface area contributed by atoms with Crippen LogP contribution >= 0.6 is 0 Å². The molecule has 3 aromatic carbocycles. The fraction of sp³-hybridized carbons (Fsp3) is 0.296. The van der Waals surface area contributed by atoms with Crippen molar-refractivity contribution in [2.45, 2.75) is 59.9 Å². The number of carbonyl (C=O) groups is 3. The van der Waals surface area contributed by atoms with Crippen LogP contribution in [-0.2, 0) is 26.2 Å². The van der Waals surface area contributed by atoms with Crippen LogP contribution in [0.3, 0.4) is 0 Å². The first-order valence-corrected chi connectivity index (χ1v) is 36.4. The van der Waals surface area contributed by atoms with Gasteiger partial charge in [-0.3, -0.25) is 18.8 Å². The van der Waals surface area contributed by atoms with Crippen molar-refractivity contribution in [1.29, 1.82) is 0 Å². The number of pyridine rings is 6. The van der Waals surface area contributed by atoms with E-state index in [0.29, 0.717) is 42.4 Å². The van der Waals surface area contributed by atoms with Crippen LogP contribution in [0.1, 0.15) is 80.3 Å². The Labute approximate surface area is 610 Å². The van der Waals surface area contributed by atoms with Crippen LogP contribution in [0.5, 0.6) is 0 Å². The summed E-state index contributed by atoms with van der Waals surface area (Å²) in [5.41, 5.74) is 20.8. The molecule has 0 spiro atoms. The second-order valence-corrected chi connectivity index (χ2v) is 28.1. The Morgan fingerprint density at radius 2 is 0.857 bits per heavy atom. The standard InChI is InChI=1S/C28H31N7O.C27H29N7O.C26H27N7O/c1-18(2)35-11-9-22-21(8-10-29-27(22)35)20-5-6-24(26-23(20)17-31-28(26)36)32-25-7-4-19(16-30-25)34-14-12-33(3)13-15-34;1-3-33-11-9-21-20(8-10-28-26(21)33)19-5-6-23(25-22(19)17-30-27(25)35)31-24-7-4-18(16-29-24)34-14-12-32(2)13-15-34;1-17-25(33-10-4-3-5-23(33)29-17)19-7-8-21(24-20(19)16-28-26(24)34)30-22-9-6-18(15-27-22)32-13-11-31(2)12-14-32/h4-11,16,18H,12-15,17H2,1-3H3,(H,30,32)(H,31,36);4-11,16H,3,12-15,17H2,1-2H3,(H,29,31)(H,30,35);3-10,15H,11-14,16H2,1-2H3,(H,27,30)(H,28,34). The van der Waals surface area contributed by atoms with E-state index < -0.39 is 0 Å². The maximum absolute atomic E-state index is 12.9. The Bertz CT molecular complexity index is 5250. The first-order valence-electron chi connectivity index (χ1n) is 36.4. The molecular weight excluding hydrogens is 1320 g/mol. The quantitative estimate of drug-likeness (QED) is 0.0594. The number of imidazole rings is 1. The third kappa shape index (κ3) is 13.4. The summed E-state index contributed by atoms with van der Waals surface area (Å²) in [6.45, 7) is 23.1. The zero-order chi connectivity index (χ0) is 72.0. The van der Waals surface area contributed by atoms with E-state index in [4.69, 9.17) is 4.98 Å². The zero-order valence-corrected chi connectivity index (χ0v) is 60.4. The van der Waals surface area contributed by atoms with Gasteiger partial charge in [-0.1, -0.05) is 24.3 Å². The Hall–Kier alpha value is -11.7. The van der Waals surface area contributed by atoms with Crippen LogP contribution in [0.4, 0.5) is 51.6 Å². The van der Waals surface area contributed by atoms with E-state index in [2.05, 4.69) is 203 Å². The number of hydrogen-bond acceptors (Lipinski definition) is 18. The van der Waals surface area contributed by atoms with Crippen molar-refractivity contribution in [3.05, 3.63) is 204 Å². The molecule has 6 aliphatic heterocycles. The van der Waals surface area contributed by atoms with Crippen LogP contribution in [0.2, 0.25) is 0 Å². The van der Waals surface area contributed by atoms with Gasteiger partial charge in [0, 0.05) is 158 Å². The molecule has 105 heavy (non-hydrogen) atoms. The van der Waals surface area contributed by atoms with Gasteiger partial charge >= 0.3 is 0 Å². The molecule has 3 saturated heterocycles. The van der Waals surface area contributed by atoms with Gasteiger partial charge in [-0.05, 0) is 179 Å². The van der Waals surface area contributed by atoms with Gasteiger partial charge < -0.3 is 70.4 Å². The summed E-state index contributed by atoms with van der Waals surface area (Å²) in [5, 5.41) is 21.4. The monoisotopic (exact) mass is 1400 g/mol. The maximum Gasteiger partial charge on any atom is 0.254 e.